The number of amidine groups is 1. The van der Waals surface area contributed by atoms with Gasteiger partial charge in [0.05, 0.1) is 19.8 Å². The Balaban J connectivity index is 1.72. The largest absolute Gasteiger partial charge is 0.490 e. The zero-order chi connectivity index (χ0) is 19.9. The fourth-order valence-electron chi connectivity index (χ4n) is 2.85. The van der Waals surface area contributed by atoms with Crippen LogP contribution in [0.1, 0.15) is 29.8 Å². The van der Waals surface area contributed by atoms with Crippen LogP contribution in [-0.2, 0) is 5.75 Å². The average Bonchev–Trinajstić information content (AvgIpc) is 3.16. The van der Waals surface area contributed by atoms with E-state index in [4.69, 9.17) is 9.47 Å². The first-order chi connectivity index (χ1) is 13.6. The molecule has 1 aliphatic heterocycles. The Labute approximate surface area is 168 Å². The van der Waals surface area contributed by atoms with E-state index in [0.29, 0.717) is 54.3 Å². The van der Waals surface area contributed by atoms with E-state index >= 15 is 0 Å². The summed E-state index contributed by atoms with van der Waals surface area (Å²) in [6.07, 6.45) is 0. The summed E-state index contributed by atoms with van der Waals surface area (Å²) in [7, 11) is 0. The van der Waals surface area contributed by atoms with Crippen molar-refractivity contribution in [2.45, 2.75) is 19.6 Å². The van der Waals surface area contributed by atoms with Gasteiger partial charge in [0.2, 0.25) is 0 Å². The fourth-order valence-corrected chi connectivity index (χ4v) is 3.84. The first-order valence-electron chi connectivity index (χ1n) is 9.25. The van der Waals surface area contributed by atoms with E-state index < -0.39 is 0 Å². The minimum atomic E-state index is -0.266. The summed E-state index contributed by atoms with van der Waals surface area (Å²) in [5, 5.41) is 0.654. The second-order valence-electron chi connectivity index (χ2n) is 6.07. The number of carbonyl (C=O) groups is 1. The number of aliphatic imine (C=N–C) groups is 1. The van der Waals surface area contributed by atoms with Crippen LogP contribution in [0.3, 0.4) is 0 Å². The molecule has 148 valence electrons. The Kier molecular flexibility index (Phi) is 6.92. The topological polar surface area (TPSA) is 51.1 Å². The Morgan fingerprint density at radius 2 is 1.93 bits per heavy atom. The van der Waals surface area contributed by atoms with E-state index in [2.05, 4.69) is 4.99 Å². The lowest BCUT2D eigenvalue weighted by Gasteiger charge is -2.19. The Morgan fingerprint density at radius 3 is 2.68 bits per heavy atom. The van der Waals surface area contributed by atoms with Crippen molar-refractivity contribution in [2.75, 3.05) is 26.3 Å². The van der Waals surface area contributed by atoms with Gasteiger partial charge in [0.25, 0.3) is 5.91 Å². The zero-order valence-corrected chi connectivity index (χ0v) is 16.8. The molecule has 0 saturated heterocycles. The van der Waals surface area contributed by atoms with Crippen LogP contribution in [0.15, 0.2) is 47.5 Å². The highest BCUT2D eigenvalue weighted by atomic mass is 32.2. The molecule has 5 nitrogen and oxygen atoms in total. The van der Waals surface area contributed by atoms with E-state index in [-0.39, 0.29) is 11.7 Å². The van der Waals surface area contributed by atoms with Crippen molar-refractivity contribution < 1.29 is 18.7 Å². The van der Waals surface area contributed by atoms with Crippen LogP contribution >= 0.6 is 11.8 Å². The van der Waals surface area contributed by atoms with Gasteiger partial charge in [0, 0.05) is 17.9 Å². The molecule has 28 heavy (non-hydrogen) atoms. The third-order valence-electron chi connectivity index (χ3n) is 4.09. The molecule has 0 bridgehead atoms. The van der Waals surface area contributed by atoms with Crippen LogP contribution < -0.4 is 9.47 Å². The van der Waals surface area contributed by atoms with Crippen molar-refractivity contribution in [3.05, 3.63) is 59.4 Å². The molecule has 0 aromatic heterocycles. The normalized spacial score (nSPS) is 13.4. The predicted molar refractivity (Wildman–Crippen MR) is 110 cm³/mol. The number of amides is 1. The number of benzene rings is 2. The van der Waals surface area contributed by atoms with E-state index in [1.54, 1.807) is 29.2 Å². The van der Waals surface area contributed by atoms with Crippen LogP contribution in [0.25, 0.3) is 0 Å². The van der Waals surface area contributed by atoms with Crippen molar-refractivity contribution >= 4 is 22.8 Å². The fraction of sp³-hybridized carbons (Fsp3) is 0.333. The minimum Gasteiger partial charge on any atom is -0.490 e. The number of hydrogen-bond donors (Lipinski definition) is 0. The standard InChI is InChI=1S/C21H23FN2O3S/c1-3-26-18-9-8-16(13-19(18)27-4-2)20(25)24-11-10-23-21(24)28-14-15-6-5-7-17(22)12-15/h5-9,12-13H,3-4,10-11,14H2,1-2H3. The SMILES string of the molecule is CCOc1ccc(C(=O)N2CCN=C2SCc2cccc(F)c2)cc1OCC. The maximum absolute atomic E-state index is 13.4. The monoisotopic (exact) mass is 402 g/mol. The van der Waals surface area contributed by atoms with E-state index in [1.165, 1.54) is 23.9 Å². The van der Waals surface area contributed by atoms with Crippen molar-refractivity contribution in [1.82, 2.24) is 4.90 Å². The number of ether oxygens (including phenoxy) is 2. The maximum atomic E-state index is 13.4. The molecular weight excluding hydrogens is 379 g/mol. The number of carbonyl (C=O) groups excluding carboxylic acids is 1. The van der Waals surface area contributed by atoms with E-state index in [9.17, 15) is 9.18 Å². The molecule has 0 saturated carbocycles. The third kappa shape index (κ3) is 4.84. The zero-order valence-electron chi connectivity index (χ0n) is 16.0. The second kappa shape index (κ2) is 9.59. The molecule has 0 radical (unpaired) electrons. The van der Waals surface area contributed by atoms with Crippen LogP contribution in [0.5, 0.6) is 11.5 Å². The summed E-state index contributed by atoms with van der Waals surface area (Å²) >= 11 is 1.44. The first kappa shape index (κ1) is 20.2. The van der Waals surface area contributed by atoms with Crippen LogP contribution in [0, 0.1) is 5.82 Å². The molecule has 3 rings (SSSR count). The second-order valence-corrected chi connectivity index (χ2v) is 7.01. The van der Waals surface area contributed by atoms with Crippen molar-refractivity contribution in [1.29, 1.82) is 0 Å². The summed E-state index contributed by atoms with van der Waals surface area (Å²) in [4.78, 5) is 19.1. The van der Waals surface area contributed by atoms with Gasteiger partial charge < -0.3 is 9.47 Å². The Hall–Kier alpha value is -2.54. The molecule has 1 heterocycles. The number of rotatable bonds is 7. The number of halogens is 1. The van der Waals surface area contributed by atoms with Crippen LogP contribution in [0.4, 0.5) is 4.39 Å². The molecule has 1 aliphatic rings. The molecule has 7 heteroatoms. The number of hydrogen-bond acceptors (Lipinski definition) is 5. The van der Waals surface area contributed by atoms with Crippen molar-refractivity contribution in [3.63, 3.8) is 0 Å². The van der Waals surface area contributed by atoms with E-state index in [1.807, 2.05) is 19.9 Å². The molecule has 0 fully saturated rings. The summed E-state index contributed by atoms with van der Waals surface area (Å²) in [5.41, 5.74) is 1.37. The highest BCUT2D eigenvalue weighted by Crippen LogP contribution is 2.30. The van der Waals surface area contributed by atoms with Gasteiger partial charge in [-0.15, -0.1) is 0 Å². The summed E-state index contributed by atoms with van der Waals surface area (Å²) in [5.74, 6) is 1.33. The molecule has 0 aliphatic carbocycles. The van der Waals surface area contributed by atoms with Gasteiger partial charge in [-0.2, -0.15) is 0 Å². The highest BCUT2D eigenvalue weighted by Gasteiger charge is 2.26. The van der Waals surface area contributed by atoms with Crippen molar-refractivity contribution in [3.8, 4) is 11.5 Å². The molecule has 0 atom stereocenters. The lowest BCUT2D eigenvalue weighted by atomic mass is 10.1. The first-order valence-corrected chi connectivity index (χ1v) is 10.2. The lowest BCUT2D eigenvalue weighted by Crippen LogP contribution is -2.32. The summed E-state index contributed by atoms with van der Waals surface area (Å²) < 4.78 is 24.5. The Morgan fingerprint density at radius 1 is 1.14 bits per heavy atom. The molecular formula is C21H23FN2O3S. The maximum Gasteiger partial charge on any atom is 0.260 e. The minimum absolute atomic E-state index is 0.132. The van der Waals surface area contributed by atoms with Gasteiger partial charge >= 0.3 is 0 Å². The molecule has 0 spiro atoms. The molecule has 0 N–H and O–H groups in total. The smallest absolute Gasteiger partial charge is 0.260 e. The molecule has 2 aromatic rings. The molecule has 2 aromatic carbocycles. The van der Waals surface area contributed by atoms with E-state index in [0.717, 1.165) is 5.56 Å². The predicted octanol–water partition coefficient (Wildman–Crippen LogP) is 4.37. The van der Waals surface area contributed by atoms with Gasteiger partial charge in [-0.05, 0) is 49.7 Å². The van der Waals surface area contributed by atoms with Gasteiger partial charge in [-0.25, -0.2) is 4.39 Å². The number of thioether (sulfide) groups is 1. The molecule has 0 unspecified atom stereocenters. The van der Waals surface area contributed by atoms with Crippen LogP contribution in [-0.4, -0.2) is 42.3 Å². The highest BCUT2D eigenvalue weighted by molar-refractivity contribution is 8.13. The van der Waals surface area contributed by atoms with Crippen LogP contribution in [0.2, 0.25) is 0 Å². The van der Waals surface area contributed by atoms with Gasteiger partial charge in [-0.3, -0.25) is 14.7 Å². The van der Waals surface area contributed by atoms with Gasteiger partial charge in [-0.1, -0.05) is 23.9 Å². The third-order valence-corrected chi connectivity index (χ3v) is 5.18. The van der Waals surface area contributed by atoms with Gasteiger partial charge in [0.1, 0.15) is 5.82 Å². The molecule has 1 amide bonds. The average molecular weight is 402 g/mol. The van der Waals surface area contributed by atoms with Crippen molar-refractivity contribution in [2.24, 2.45) is 4.99 Å². The Bertz CT molecular complexity index is 872. The summed E-state index contributed by atoms with van der Waals surface area (Å²) in [6.45, 7) is 5.88. The quantitative estimate of drug-likeness (QED) is 0.690. The number of nitrogens with zero attached hydrogens (tertiary/aromatic N) is 2. The lowest BCUT2D eigenvalue weighted by molar-refractivity contribution is 0.0860. The summed E-state index contributed by atoms with van der Waals surface area (Å²) in [6, 6.07) is 11.7. The van der Waals surface area contributed by atoms with Gasteiger partial charge in [0.15, 0.2) is 16.7 Å².